The fourth-order valence-electron chi connectivity index (χ4n) is 9.94. The van der Waals surface area contributed by atoms with Crippen LogP contribution in [0.25, 0.3) is 20.7 Å². The number of benzene rings is 3. The van der Waals surface area contributed by atoms with Gasteiger partial charge in [0, 0.05) is 39.9 Å². The Morgan fingerprint density at radius 3 is 2.47 bits per heavy atom. The number of nitrogens with zero attached hydrogens (tertiary/aromatic N) is 4. The van der Waals surface area contributed by atoms with Gasteiger partial charge in [-0.2, -0.15) is 5.10 Å². The summed E-state index contributed by atoms with van der Waals surface area (Å²) in [5.41, 5.74) is 2.17. The van der Waals surface area contributed by atoms with Crippen LogP contribution in [0, 0.1) is 36.0 Å². The van der Waals surface area contributed by atoms with Crippen LogP contribution in [0.5, 0.6) is 11.5 Å². The minimum absolute atomic E-state index is 0.135. The standard InChI is InChI=1S/C44H39ClN4O7S/c1-6-56-33-9-7-8-28(38(33)51)37-26-15-16-27-36(42(54)48(40(27)52)25-13-10-23(11-14-25)22(3)50)30(26)19-31-41(53)49(43(55)44(31,37)4)35-20-32(46-47(35)5)39-21(2)29-18-24(45)12-17-34(29)57-39/h7-15,17-18,20,27,30-31,36-37,51H,6,16,19H2,1-5H3. The Kier molecular flexibility index (Phi) is 8.60. The van der Waals surface area contributed by atoms with E-state index in [1.165, 1.54) is 16.7 Å². The molecule has 57 heavy (non-hydrogen) atoms. The zero-order valence-corrected chi connectivity index (χ0v) is 33.5. The highest BCUT2D eigenvalue weighted by Crippen LogP contribution is 2.65. The number of carbonyl (C=O) groups is 5. The van der Waals surface area contributed by atoms with Gasteiger partial charge in [0.2, 0.25) is 23.6 Å². The van der Waals surface area contributed by atoms with Gasteiger partial charge in [-0.3, -0.25) is 33.6 Å². The number of phenols is 1. The van der Waals surface area contributed by atoms with Crippen molar-refractivity contribution in [3.63, 3.8) is 0 Å². The summed E-state index contributed by atoms with van der Waals surface area (Å²) in [6.45, 7) is 7.32. The number of hydrogen-bond donors (Lipinski definition) is 1. The molecule has 4 aliphatic rings. The summed E-state index contributed by atoms with van der Waals surface area (Å²) in [5.74, 6) is -5.18. The van der Waals surface area contributed by atoms with Gasteiger partial charge in [-0.15, -0.1) is 11.3 Å². The highest BCUT2D eigenvalue weighted by Gasteiger charge is 2.68. The number of hydrogen-bond acceptors (Lipinski definition) is 9. The van der Waals surface area contributed by atoms with E-state index >= 15 is 4.79 Å². The molecule has 9 rings (SSSR count). The molecular weight excluding hydrogens is 764 g/mol. The summed E-state index contributed by atoms with van der Waals surface area (Å²) in [7, 11) is 1.70. The van der Waals surface area contributed by atoms with E-state index in [1.807, 2.05) is 31.2 Å². The topological polar surface area (TPSA) is 139 Å². The Morgan fingerprint density at radius 2 is 1.75 bits per heavy atom. The summed E-state index contributed by atoms with van der Waals surface area (Å²) < 4.78 is 8.37. The van der Waals surface area contributed by atoms with E-state index in [4.69, 9.17) is 21.4 Å². The lowest BCUT2D eigenvalue weighted by atomic mass is 9.51. The quantitative estimate of drug-likeness (QED) is 0.0993. The highest BCUT2D eigenvalue weighted by molar-refractivity contribution is 7.22. The number of Topliss-reactive ketones (excluding diaryl/α,β-unsaturated/α-hetero) is 1. The molecule has 0 bridgehead atoms. The van der Waals surface area contributed by atoms with Crippen molar-refractivity contribution in [3.8, 4) is 22.1 Å². The molecule has 6 unspecified atom stereocenters. The van der Waals surface area contributed by atoms with E-state index < -0.39 is 52.7 Å². The van der Waals surface area contributed by atoms with Gasteiger partial charge in [0.25, 0.3) is 0 Å². The van der Waals surface area contributed by atoms with Crippen molar-refractivity contribution in [2.24, 2.45) is 36.1 Å². The number of imide groups is 2. The first-order valence-corrected chi connectivity index (χ1v) is 20.2. The van der Waals surface area contributed by atoms with Crippen molar-refractivity contribution in [2.75, 3.05) is 16.4 Å². The highest BCUT2D eigenvalue weighted by atomic mass is 35.5. The largest absolute Gasteiger partial charge is 0.504 e. The molecule has 2 aliphatic carbocycles. The van der Waals surface area contributed by atoms with E-state index in [1.54, 1.807) is 85.4 Å². The molecule has 3 aromatic carbocycles. The van der Waals surface area contributed by atoms with Gasteiger partial charge in [-0.1, -0.05) is 35.4 Å². The van der Waals surface area contributed by atoms with Gasteiger partial charge in [0.15, 0.2) is 17.3 Å². The van der Waals surface area contributed by atoms with Gasteiger partial charge >= 0.3 is 0 Å². The zero-order valence-electron chi connectivity index (χ0n) is 31.9. The van der Waals surface area contributed by atoms with Crippen molar-refractivity contribution >= 4 is 73.9 Å². The fourth-order valence-corrected chi connectivity index (χ4v) is 11.3. The molecule has 1 N–H and O–H groups in total. The Morgan fingerprint density at radius 1 is 1.00 bits per heavy atom. The van der Waals surface area contributed by atoms with Crippen LogP contribution in [-0.4, -0.2) is 50.9 Å². The van der Waals surface area contributed by atoms with E-state index in [9.17, 15) is 24.3 Å². The lowest BCUT2D eigenvalue weighted by molar-refractivity contribution is -0.131. The van der Waals surface area contributed by atoms with Gasteiger partial charge in [-0.05, 0) is 106 Å². The maximum atomic E-state index is 15.2. The molecule has 6 atom stereocenters. The summed E-state index contributed by atoms with van der Waals surface area (Å²) in [5, 5.41) is 18.2. The summed E-state index contributed by atoms with van der Waals surface area (Å²) in [6, 6.07) is 19.0. The monoisotopic (exact) mass is 802 g/mol. The predicted octanol–water partition coefficient (Wildman–Crippen LogP) is 8.01. The number of amides is 4. The molecule has 290 valence electrons. The van der Waals surface area contributed by atoms with Gasteiger partial charge < -0.3 is 9.84 Å². The summed E-state index contributed by atoms with van der Waals surface area (Å²) >= 11 is 7.88. The number of aromatic hydroxyl groups is 1. The van der Waals surface area contributed by atoms with Crippen LogP contribution >= 0.6 is 22.9 Å². The average molecular weight is 803 g/mol. The van der Waals surface area contributed by atoms with Crippen LogP contribution in [0.4, 0.5) is 11.5 Å². The van der Waals surface area contributed by atoms with Crippen LogP contribution in [0.2, 0.25) is 5.02 Å². The number of phenolic OH excluding ortho intramolecular Hbond substituents is 1. The number of rotatable bonds is 7. The first kappa shape index (κ1) is 37.0. The van der Waals surface area contributed by atoms with Crippen molar-refractivity contribution in [2.45, 2.75) is 46.5 Å². The Hall–Kier alpha value is -5.59. The second-order valence-electron chi connectivity index (χ2n) is 15.6. The van der Waals surface area contributed by atoms with E-state index in [0.717, 1.165) is 26.1 Å². The number of anilines is 2. The van der Waals surface area contributed by atoms with Crippen LogP contribution < -0.4 is 14.5 Å². The number of carbonyl (C=O) groups excluding carboxylic acids is 5. The first-order chi connectivity index (χ1) is 27.3. The number of ether oxygens (including phenoxy) is 1. The van der Waals surface area contributed by atoms with Gasteiger partial charge in [0.1, 0.15) is 11.5 Å². The molecule has 2 aliphatic heterocycles. The van der Waals surface area contributed by atoms with E-state index in [2.05, 4.69) is 0 Å². The van der Waals surface area contributed by atoms with Crippen LogP contribution in [-0.2, 0) is 26.2 Å². The summed E-state index contributed by atoms with van der Waals surface area (Å²) in [4.78, 5) is 74.1. The third kappa shape index (κ3) is 5.29. The second-order valence-corrected chi connectivity index (χ2v) is 17.1. The number of allylic oxidation sites excluding steroid dienone is 2. The van der Waals surface area contributed by atoms with Crippen LogP contribution in [0.3, 0.4) is 0 Å². The molecule has 0 spiro atoms. The predicted molar refractivity (Wildman–Crippen MR) is 217 cm³/mol. The molecule has 2 saturated heterocycles. The van der Waals surface area contributed by atoms with Crippen LogP contribution in [0.15, 0.2) is 78.4 Å². The third-order valence-electron chi connectivity index (χ3n) is 12.7. The number of fused-ring (bicyclic) bond motifs is 5. The Bertz CT molecular complexity index is 2630. The van der Waals surface area contributed by atoms with Gasteiger partial charge in [0.05, 0.1) is 40.3 Å². The molecular formula is C44H39ClN4O7S. The molecule has 0 radical (unpaired) electrons. The minimum atomic E-state index is -1.39. The lowest BCUT2D eigenvalue weighted by Gasteiger charge is -2.49. The number of aromatic nitrogens is 2. The molecule has 2 aromatic heterocycles. The smallest absolute Gasteiger partial charge is 0.242 e. The molecule has 11 nitrogen and oxygen atoms in total. The summed E-state index contributed by atoms with van der Waals surface area (Å²) in [6.07, 6.45) is 2.32. The first-order valence-electron chi connectivity index (χ1n) is 19.0. The fraction of sp³-hybridized carbons (Fsp3) is 0.318. The molecule has 13 heteroatoms. The molecule has 3 fully saturated rings. The third-order valence-corrected chi connectivity index (χ3v) is 14.2. The van der Waals surface area contributed by atoms with Crippen molar-refractivity contribution in [1.82, 2.24) is 9.78 Å². The number of halogens is 1. The molecule has 5 aromatic rings. The second kappa shape index (κ2) is 13.2. The maximum Gasteiger partial charge on any atom is 0.242 e. The molecule has 4 heterocycles. The van der Waals surface area contributed by atoms with Gasteiger partial charge in [-0.25, -0.2) is 4.90 Å². The van der Waals surface area contributed by atoms with Crippen molar-refractivity contribution in [3.05, 3.63) is 100 Å². The van der Waals surface area contributed by atoms with E-state index in [-0.39, 0.29) is 42.6 Å². The average Bonchev–Trinajstić information content (AvgIpc) is 3.86. The number of ketones is 1. The number of thiophene rings is 1. The zero-order chi connectivity index (χ0) is 40.2. The van der Waals surface area contributed by atoms with Crippen LogP contribution in [0.1, 0.15) is 61.0 Å². The molecule has 1 saturated carbocycles. The Balaban J connectivity index is 1.15. The lowest BCUT2D eigenvalue weighted by Crippen LogP contribution is -2.49. The Labute approximate surface area is 337 Å². The minimum Gasteiger partial charge on any atom is -0.504 e. The SMILES string of the molecule is CCOc1cccc(C2C3=CCC4C(=O)N(c5ccc(C(C)=O)cc5)C(=O)C4C3CC3C(=O)N(c4cc(-c5sc6ccc(Cl)cc6c5C)nn4C)C(=O)C32C)c1O. The molecule has 4 amide bonds. The van der Waals surface area contributed by atoms with E-state index in [0.29, 0.717) is 33.3 Å². The van der Waals surface area contributed by atoms with Crippen molar-refractivity contribution in [1.29, 1.82) is 0 Å². The number of aryl methyl sites for hydroxylation is 2. The number of para-hydroxylation sites is 1. The maximum absolute atomic E-state index is 15.2. The normalized spacial score (nSPS) is 25.5. The van der Waals surface area contributed by atoms with Crippen molar-refractivity contribution < 1.29 is 33.8 Å².